The van der Waals surface area contributed by atoms with Crippen LogP contribution in [0, 0.1) is 17.0 Å². The monoisotopic (exact) mass is 424 g/mol. The first-order valence-corrected chi connectivity index (χ1v) is 9.64. The van der Waals surface area contributed by atoms with E-state index in [0.29, 0.717) is 48.7 Å². The number of carbonyl (C=O) groups excluding carboxylic acids is 2. The Bertz CT molecular complexity index is 1140. The molecule has 1 fully saturated rings. The number of benzene rings is 1. The lowest BCUT2D eigenvalue weighted by atomic mass is 10.1. The van der Waals surface area contributed by atoms with Gasteiger partial charge in [-0.1, -0.05) is 5.16 Å². The Morgan fingerprint density at radius 3 is 2.23 bits per heavy atom. The number of non-ortho nitro benzene ring substituents is 1. The Kier molecular flexibility index (Phi) is 5.24. The first kappa shape index (κ1) is 20.3. The molecule has 0 bridgehead atoms. The van der Waals surface area contributed by atoms with Gasteiger partial charge in [0.2, 0.25) is 5.76 Å². The molecule has 3 heterocycles. The van der Waals surface area contributed by atoms with E-state index < -0.39 is 4.92 Å². The molecule has 31 heavy (non-hydrogen) atoms. The molecule has 0 unspecified atom stereocenters. The first-order valence-electron chi connectivity index (χ1n) is 9.64. The highest BCUT2D eigenvalue weighted by Gasteiger charge is 2.29. The van der Waals surface area contributed by atoms with Crippen molar-refractivity contribution in [3.8, 4) is 11.3 Å². The summed E-state index contributed by atoms with van der Waals surface area (Å²) in [6.45, 7) is 3.22. The molecule has 1 saturated heterocycles. The summed E-state index contributed by atoms with van der Waals surface area (Å²) in [5.41, 5.74) is 2.08. The minimum atomic E-state index is -0.477. The predicted octanol–water partition coefficient (Wildman–Crippen LogP) is 1.89. The number of hydrogen-bond donors (Lipinski definition) is 0. The fourth-order valence-corrected chi connectivity index (χ4v) is 3.50. The second kappa shape index (κ2) is 8.01. The van der Waals surface area contributed by atoms with E-state index in [1.54, 1.807) is 48.2 Å². The molecule has 0 spiro atoms. The van der Waals surface area contributed by atoms with E-state index in [-0.39, 0.29) is 23.3 Å². The van der Waals surface area contributed by atoms with E-state index >= 15 is 0 Å². The molecule has 11 heteroatoms. The lowest BCUT2D eigenvalue weighted by Gasteiger charge is -2.34. The van der Waals surface area contributed by atoms with Crippen LogP contribution in [0.3, 0.4) is 0 Å². The van der Waals surface area contributed by atoms with Gasteiger partial charge in [0.25, 0.3) is 17.5 Å². The van der Waals surface area contributed by atoms with Gasteiger partial charge in [-0.05, 0) is 19.1 Å². The summed E-state index contributed by atoms with van der Waals surface area (Å²) in [6.07, 6.45) is 1.63. The van der Waals surface area contributed by atoms with Crippen LogP contribution in [0.4, 0.5) is 5.69 Å². The maximum absolute atomic E-state index is 13.2. The van der Waals surface area contributed by atoms with Gasteiger partial charge in [-0.15, -0.1) is 0 Å². The first-order chi connectivity index (χ1) is 14.8. The van der Waals surface area contributed by atoms with E-state index in [0.717, 1.165) is 0 Å². The van der Waals surface area contributed by atoms with Gasteiger partial charge < -0.3 is 14.3 Å². The van der Waals surface area contributed by atoms with Crippen molar-refractivity contribution >= 4 is 17.5 Å². The highest BCUT2D eigenvalue weighted by Crippen LogP contribution is 2.26. The molecule has 1 aliphatic rings. The predicted molar refractivity (Wildman–Crippen MR) is 108 cm³/mol. The Morgan fingerprint density at radius 1 is 1.06 bits per heavy atom. The molecule has 0 radical (unpaired) electrons. The number of carbonyl (C=O) groups is 2. The molecule has 11 nitrogen and oxygen atoms in total. The quantitative estimate of drug-likeness (QED) is 0.462. The Morgan fingerprint density at radius 2 is 1.68 bits per heavy atom. The van der Waals surface area contributed by atoms with Crippen LogP contribution in [-0.2, 0) is 7.05 Å². The summed E-state index contributed by atoms with van der Waals surface area (Å²) in [6, 6.07) is 7.51. The van der Waals surface area contributed by atoms with E-state index in [1.165, 1.54) is 16.8 Å². The smallest absolute Gasteiger partial charge is 0.292 e. The SMILES string of the molecule is Cc1cc(C(=O)N2CCN(C(=O)c3cn(C)nc3-c3ccc([N+](=O)[O-])cc3)CC2)on1. The summed E-state index contributed by atoms with van der Waals surface area (Å²) < 4.78 is 6.58. The van der Waals surface area contributed by atoms with E-state index in [1.807, 2.05) is 0 Å². The van der Waals surface area contributed by atoms with Gasteiger partial charge >= 0.3 is 0 Å². The molecule has 4 rings (SSSR count). The molecular formula is C20H20N6O5. The number of amides is 2. The topological polar surface area (TPSA) is 128 Å². The third kappa shape index (κ3) is 4.02. The fraction of sp³-hybridized carbons (Fsp3) is 0.300. The molecule has 0 N–H and O–H groups in total. The third-order valence-electron chi connectivity index (χ3n) is 5.10. The van der Waals surface area contributed by atoms with Crippen LogP contribution < -0.4 is 0 Å². The summed E-state index contributed by atoms with van der Waals surface area (Å²) >= 11 is 0. The van der Waals surface area contributed by atoms with Gasteiger partial charge in [-0.3, -0.25) is 24.4 Å². The molecule has 160 valence electrons. The summed E-state index contributed by atoms with van der Waals surface area (Å²) in [4.78, 5) is 39.4. The molecule has 2 aromatic heterocycles. The standard InChI is InChI=1S/C20H20N6O5/c1-13-11-17(31-22-13)20(28)25-9-7-24(8-10-25)19(27)16-12-23(2)21-18(16)14-3-5-15(6-4-14)26(29)30/h3-6,11-12H,7-10H2,1-2H3. The van der Waals surface area contributed by atoms with Crippen LogP contribution in [-0.4, -0.2) is 67.7 Å². The van der Waals surface area contributed by atoms with E-state index in [2.05, 4.69) is 10.3 Å². The number of rotatable bonds is 4. The number of nitro groups is 1. The van der Waals surface area contributed by atoms with Crippen molar-refractivity contribution in [1.82, 2.24) is 24.7 Å². The zero-order chi connectivity index (χ0) is 22.1. The van der Waals surface area contributed by atoms with Gasteiger partial charge in [0.1, 0.15) is 5.69 Å². The van der Waals surface area contributed by atoms with Gasteiger partial charge in [0, 0.05) is 63.2 Å². The lowest BCUT2D eigenvalue weighted by Crippen LogP contribution is -2.50. The average Bonchev–Trinajstić information content (AvgIpc) is 3.38. The number of aryl methyl sites for hydroxylation is 2. The number of nitro benzene ring substituents is 1. The zero-order valence-corrected chi connectivity index (χ0v) is 17.0. The molecule has 1 aromatic carbocycles. The summed E-state index contributed by atoms with van der Waals surface area (Å²) in [5, 5.41) is 19.0. The van der Waals surface area contributed by atoms with Gasteiger partial charge in [0.05, 0.1) is 16.2 Å². The maximum atomic E-state index is 13.2. The third-order valence-corrected chi connectivity index (χ3v) is 5.10. The number of hydrogen-bond acceptors (Lipinski definition) is 7. The maximum Gasteiger partial charge on any atom is 0.292 e. The van der Waals surface area contributed by atoms with Crippen molar-refractivity contribution < 1.29 is 19.0 Å². The van der Waals surface area contributed by atoms with Crippen LogP contribution >= 0.6 is 0 Å². The lowest BCUT2D eigenvalue weighted by molar-refractivity contribution is -0.384. The van der Waals surface area contributed by atoms with Crippen LogP contribution in [0.1, 0.15) is 26.6 Å². The van der Waals surface area contributed by atoms with Crippen molar-refractivity contribution in [1.29, 1.82) is 0 Å². The molecular weight excluding hydrogens is 404 g/mol. The Labute approximate surface area is 177 Å². The second-order valence-electron chi connectivity index (χ2n) is 7.29. The van der Waals surface area contributed by atoms with Crippen molar-refractivity contribution in [2.75, 3.05) is 26.2 Å². The molecule has 1 aliphatic heterocycles. The van der Waals surface area contributed by atoms with E-state index in [4.69, 9.17) is 4.52 Å². The zero-order valence-electron chi connectivity index (χ0n) is 17.0. The molecule has 0 aliphatic carbocycles. The number of piperazine rings is 1. The highest BCUT2D eigenvalue weighted by molar-refractivity contribution is 6.00. The van der Waals surface area contributed by atoms with Crippen LogP contribution in [0.5, 0.6) is 0 Å². The molecule has 0 atom stereocenters. The number of nitrogens with zero attached hydrogens (tertiary/aromatic N) is 6. The summed E-state index contributed by atoms with van der Waals surface area (Å²) in [5.74, 6) is -0.269. The normalized spacial score (nSPS) is 14.0. The minimum Gasteiger partial charge on any atom is -0.351 e. The molecule has 2 amide bonds. The van der Waals surface area contributed by atoms with Crippen molar-refractivity contribution in [2.45, 2.75) is 6.92 Å². The summed E-state index contributed by atoms with van der Waals surface area (Å²) in [7, 11) is 1.71. The van der Waals surface area contributed by atoms with Crippen molar-refractivity contribution in [2.24, 2.45) is 7.05 Å². The number of aromatic nitrogens is 3. The van der Waals surface area contributed by atoms with Gasteiger partial charge in [0.15, 0.2) is 0 Å². The van der Waals surface area contributed by atoms with E-state index in [9.17, 15) is 19.7 Å². The molecule has 3 aromatic rings. The Hall–Kier alpha value is -4.02. The largest absolute Gasteiger partial charge is 0.351 e. The van der Waals surface area contributed by atoms with Gasteiger partial charge in [-0.25, -0.2) is 0 Å². The fourth-order valence-electron chi connectivity index (χ4n) is 3.50. The van der Waals surface area contributed by atoms with Crippen LogP contribution in [0.2, 0.25) is 0 Å². The van der Waals surface area contributed by atoms with Gasteiger partial charge in [-0.2, -0.15) is 5.10 Å². The Balaban J connectivity index is 1.48. The molecule has 0 saturated carbocycles. The average molecular weight is 424 g/mol. The van der Waals surface area contributed by atoms with Crippen LogP contribution in [0.15, 0.2) is 41.1 Å². The van der Waals surface area contributed by atoms with Crippen molar-refractivity contribution in [3.63, 3.8) is 0 Å². The second-order valence-corrected chi connectivity index (χ2v) is 7.29. The van der Waals surface area contributed by atoms with Crippen LogP contribution in [0.25, 0.3) is 11.3 Å². The highest BCUT2D eigenvalue weighted by atomic mass is 16.6. The minimum absolute atomic E-state index is 0.0321. The van der Waals surface area contributed by atoms with Crippen molar-refractivity contribution in [3.05, 3.63) is 63.7 Å².